The van der Waals surface area contributed by atoms with Gasteiger partial charge >= 0.3 is 5.97 Å². The maximum atomic E-state index is 12.0. The van der Waals surface area contributed by atoms with Crippen molar-refractivity contribution in [1.29, 1.82) is 0 Å². The molecule has 23 heavy (non-hydrogen) atoms. The summed E-state index contributed by atoms with van der Waals surface area (Å²) >= 11 is 5.07. The van der Waals surface area contributed by atoms with Gasteiger partial charge in [-0.3, -0.25) is 15.6 Å². The first kappa shape index (κ1) is 16.4. The summed E-state index contributed by atoms with van der Waals surface area (Å²) in [7, 11) is 0. The fourth-order valence-electron chi connectivity index (χ4n) is 1.85. The summed E-state index contributed by atoms with van der Waals surface area (Å²) in [4.78, 5) is 23.1. The van der Waals surface area contributed by atoms with Crippen molar-refractivity contribution in [2.45, 2.75) is 6.92 Å². The number of hydrogen-bond acceptors (Lipinski definition) is 3. The van der Waals surface area contributed by atoms with Crippen molar-refractivity contribution in [3.8, 4) is 0 Å². The summed E-state index contributed by atoms with van der Waals surface area (Å²) in [6, 6.07) is 13.5. The highest BCUT2D eigenvalue weighted by Crippen LogP contribution is 2.09. The molecule has 1 amide bonds. The Bertz CT molecular complexity index is 744. The number of nitrogens with one attached hydrogen (secondary N) is 3. The summed E-state index contributed by atoms with van der Waals surface area (Å²) in [5.74, 6) is -1.76. The van der Waals surface area contributed by atoms with Crippen LogP contribution >= 0.6 is 12.2 Å². The van der Waals surface area contributed by atoms with E-state index in [1.54, 1.807) is 12.1 Å². The lowest BCUT2D eigenvalue weighted by Crippen LogP contribution is -2.44. The average Bonchev–Trinajstić information content (AvgIpc) is 2.54. The van der Waals surface area contributed by atoms with Crippen LogP contribution in [0.4, 0.5) is 5.69 Å². The zero-order valence-electron chi connectivity index (χ0n) is 12.3. The molecule has 0 aromatic heterocycles. The molecule has 118 valence electrons. The Hall–Kier alpha value is -2.93. The first-order chi connectivity index (χ1) is 11.0. The molecule has 0 saturated carbocycles. The highest BCUT2D eigenvalue weighted by molar-refractivity contribution is 7.80. The van der Waals surface area contributed by atoms with Gasteiger partial charge in [-0.1, -0.05) is 29.8 Å². The number of thiocarbonyl (C=S) groups is 1. The first-order valence-corrected chi connectivity index (χ1v) is 7.14. The van der Waals surface area contributed by atoms with Crippen LogP contribution in [-0.2, 0) is 0 Å². The Kier molecular flexibility index (Phi) is 5.27. The first-order valence-electron chi connectivity index (χ1n) is 6.73. The molecule has 0 saturated heterocycles. The number of aryl methyl sites for hydroxylation is 1. The minimum atomic E-state index is -1.17. The van der Waals surface area contributed by atoms with Crippen molar-refractivity contribution >= 4 is 34.9 Å². The predicted octanol–water partition coefficient (Wildman–Crippen LogP) is 2.32. The van der Waals surface area contributed by atoms with E-state index < -0.39 is 11.9 Å². The van der Waals surface area contributed by atoms with Gasteiger partial charge in [-0.15, -0.1) is 0 Å². The van der Waals surface area contributed by atoms with Crippen molar-refractivity contribution in [2.24, 2.45) is 0 Å². The number of carbonyl (C=O) groups is 2. The zero-order valence-corrected chi connectivity index (χ0v) is 13.1. The third-order valence-corrected chi connectivity index (χ3v) is 3.21. The minimum absolute atomic E-state index is 0.0469. The molecule has 4 N–H and O–H groups in total. The molecular weight excluding hydrogens is 314 g/mol. The molecule has 0 aliphatic heterocycles. The monoisotopic (exact) mass is 329 g/mol. The summed E-state index contributed by atoms with van der Waals surface area (Å²) in [6.45, 7) is 1.97. The number of hydrazine groups is 1. The second-order valence-electron chi connectivity index (χ2n) is 4.75. The van der Waals surface area contributed by atoms with Gasteiger partial charge in [0.25, 0.3) is 5.91 Å². The topological polar surface area (TPSA) is 90.5 Å². The van der Waals surface area contributed by atoms with Crippen LogP contribution < -0.4 is 16.2 Å². The summed E-state index contributed by atoms with van der Waals surface area (Å²) in [6.07, 6.45) is 0. The molecule has 0 fully saturated rings. The van der Waals surface area contributed by atoms with Crippen LogP contribution in [0.1, 0.15) is 26.3 Å². The van der Waals surface area contributed by atoms with Crippen molar-refractivity contribution in [1.82, 2.24) is 10.9 Å². The Morgan fingerprint density at radius 3 is 2.17 bits per heavy atom. The van der Waals surface area contributed by atoms with E-state index in [0.29, 0.717) is 0 Å². The van der Waals surface area contributed by atoms with Crippen LogP contribution in [0.2, 0.25) is 0 Å². The molecule has 0 atom stereocenters. The lowest BCUT2D eigenvalue weighted by molar-refractivity contribution is 0.0691. The maximum Gasteiger partial charge on any atom is 0.336 e. The van der Waals surface area contributed by atoms with Crippen molar-refractivity contribution in [2.75, 3.05) is 5.32 Å². The molecule has 0 bridgehead atoms. The smallest absolute Gasteiger partial charge is 0.336 e. The molecule has 0 unspecified atom stereocenters. The standard InChI is InChI=1S/C16H15N3O3S/c1-10-6-8-11(9-7-10)17-16(23)19-18-14(20)12-4-2-3-5-13(12)15(21)22/h2-9H,1H3,(H,18,20)(H,21,22)(H2,17,19,23). The normalized spacial score (nSPS) is 9.78. The second kappa shape index (κ2) is 7.37. The summed E-state index contributed by atoms with van der Waals surface area (Å²) in [5, 5.41) is 12.2. The van der Waals surface area contributed by atoms with E-state index in [0.717, 1.165) is 11.3 Å². The van der Waals surface area contributed by atoms with Crippen LogP contribution in [0.25, 0.3) is 0 Å². The molecule has 2 aromatic carbocycles. The van der Waals surface area contributed by atoms with E-state index >= 15 is 0 Å². The van der Waals surface area contributed by atoms with E-state index in [1.807, 2.05) is 31.2 Å². The summed E-state index contributed by atoms with van der Waals surface area (Å²) in [5.41, 5.74) is 6.77. The SMILES string of the molecule is Cc1ccc(NC(=S)NNC(=O)c2ccccc2C(=O)O)cc1. The molecule has 7 heteroatoms. The fraction of sp³-hybridized carbons (Fsp3) is 0.0625. The number of amides is 1. The van der Waals surface area contributed by atoms with Crippen molar-refractivity contribution in [3.05, 3.63) is 65.2 Å². The van der Waals surface area contributed by atoms with Crippen LogP contribution in [-0.4, -0.2) is 22.1 Å². The lowest BCUT2D eigenvalue weighted by Gasteiger charge is -2.12. The number of rotatable bonds is 3. The van der Waals surface area contributed by atoms with E-state index in [2.05, 4.69) is 16.2 Å². The number of hydrogen-bond donors (Lipinski definition) is 4. The van der Waals surface area contributed by atoms with Gasteiger partial charge in [0.1, 0.15) is 0 Å². The molecule has 0 aliphatic carbocycles. The van der Waals surface area contributed by atoms with Crippen LogP contribution in [0.3, 0.4) is 0 Å². The predicted molar refractivity (Wildman–Crippen MR) is 91.4 cm³/mol. The third-order valence-electron chi connectivity index (χ3n) is 3.00. The second-order valence-corrected chi connectivity index (χ2v) is 5.16. The zero-order chi connectivity index (χ0) is 16.8. The van der Waals surface area contributed by atoms with E-state index in [9.17, 15) is 9.59 Å². The Morgan fingerprint density at radius 1 is 0.957 bits per heavy atom. The van der Waals surface area contributed by atoms with Crippen LogP contribution in [0.15, 0.2) is 48.5 Å². The number of aromatic carboxylic acids is 1. The third kappa shape index (κ3) is 4.52. The number of carboxylic acid groups (broad SMARTS) is 1. The fourth-order valence-corrected chi connectivity index (χ4v) is 2.02. The van der Waals surface area contributed by atoms with E-state index in [1.165, 1.54) is 12.1 Å². The van der Waals surface area contributed by atoms with Crippen LogP contribution in [0, 0.1) is 6.92 Å². The number of benzene rings is 2. The molecule has 0 heterocycles. The Labute approximate surface area is 138 Å². The largest absolute Gasteiger partial charge is 0.478 e. The molecule has 2 rings (SSSR count). The highest BCUT2D eigenvalue weighted by atomic mass is 32.1. The average molecular weight is 329 g/mol. The molecule has 0 aliphatic rings. The van der Waals surface area contributed by atoms with Gasteiger partial charge in [0.05, 0.1) is 11.1 Å². The molecule has 0 spiro atoms. The molecule has 6 nitrogen and oxygen atoms in total. The van der Waals surface area contributed by atoms with E-state index in [4.69, 9.17) is 17.3 Å². The van der Waals surface area contributed by atoms with E-state index in [-0.39, 0.29) is 16.2 Å². The van der Waals surface area contributed by atoms with Gasteiger partial charge in [-0.2, -0.15) is 0 Å². The molecule has 0 radical (unpaired) electrons. The number of anilines is 1. The molecule has 2 aromatic rings. The van der Waals surface area contributed by atoms with Gasteiger partial charge in [0.2, 0.25) is 0 Å². The minimum Gasteiger partial charge on any atom is -0.478 e. The Balaban J connectivity index is 1.95. The highest BCUT2D eigenvalue weighted by Gasteiger charge is 2.15. The van der Waals surface area contributed by atoms with Gasteiger partial charge in [-0.05, 0) is 43.4 Å². The van der Waals surface area contributed by atoms with Gasteiger partial charge in [-0.25, -0.2) is 4.79 Å². The number of carbonyl (C=O) groups excluding carboxylic acids is 1. The van der Waals surface area contributed by atoms with Crippen molar-refractivity contribution in [3.63, 3.8) is 0 Å². The maximum absolute atomic E-state index is 12.0. The van der Waals surface area contributed by atoms with Gasteiger partial charge < -0.3 is 10.4 Å². The quantitative estimate of drug-likeness (QED) is 0.510. The van der Waals surface area contributed by atoms with Crippen LogP contribution in [0.5, 0.6) is 0 Å². The number of carboxylic acids is 1. The van der Waals surface area contributed by atoms with Crippen molar-refractivity contribution < 1.29 is 14.7 Å². The van der Waals surface area contributed by atoms with Gasteiger partial charge in [0.15, 0.2) is 5.11 Å². The molecular formula is C16H15N3O3S. The lowest BCUT2D eigenvalue weighted by atomic mass is 10.1. The Morgan fingerprint density at radius 2 is 1.57 bits per heavy atom. The summed E-state index contributed by atoms with van der Waals surface area (Å²) < 4.78 is 0. The van der Waals surface area contributed by atoms with Gasteiger partial charge in [0, 0.05) is 5.69 Å².